The molecule has 0 amide bonds. The predicted molar refractivity (Wildman–Crippen MR) is 119 cm³/mol. The molecule has 5 heteroatoms. The number of para-hydroxylation sites is 2. The number of hydrogen-bond donors (Lipinski definition) is 1. The summed E-state index contributed by atoms with van der Waals surface area (Å²) in [6, 6.07) is 8.19. The number of benzene rings is 1. The molecule has 0 unspecified atom stereocenters. The fourth-order valence-corrected chi connectivity index (χ4v) is 4.95. The predicted octanol–water partition coefficient (Wildman–Crippen LogP) is 3.66. The standard InChI is InChI=1S/C24H40N2O3/c1-18(2)21-10-9-19(3)15-24(21)29-17-20(27)16-25-11-13-26(14-12-25)22-7-5-6-8-23(22)28-4/h5-8,18-21,24,27H,9-17H2,1-4H3/t19-,20+,21+,24-/m0/s1. The number of piperazine rings is 1. The van der Waals surface area contributed by atoms with E-state index >= 15 is 0 Å². The summed E-state index contributed by atoms with van der Waals surface area (Å²) in [5.74, 6) is 2.93. The van der Waals surface area contributed by atoms with E-state index in [1.807, 2.05) is 12.1 Å². The van der Waals surface area contributed by atoms with Crippen LogP contribution in [-0.2, 0) is 4.74 Å². The lowest BCUT2D eigenvalue weighted by molar-refractivity contribution is -0.0740. The highest BCUT2D eigenvalue weighted by Crippen LogP contribution is 2.35. The number of methoxy groups -OCH3 is 1. The Morgan fingerprint density at radius 1 is 1.10 bits per heavy atom. The van der Waals surface area contributed by atoms with Crippen LogP contribution in [0.25, 0.3) is 0 Å². The van der Waals surface area contributed by atoms with E-state index in [4.69, 9.17) is 9.47 Å². The van der Waals surface area contributed by atoms with Crippen molar-refractivity contribution < 1.29 is 14.6 Å². The van der Waals surface area contributed by atoms with Gasteiger partial charge < -0.3 is 19.5 Å². The first-order valence-electron chi connectivity index (χ1n) is 11.4. The molecule has 1 saturated heterocycles. The number of ether oxygens (including phenoxy) is 2. The summed E-state index contributed by atoms with van der Waals surface area (Å²) in [6.07, 6.45) is 3.58. The maximum absolute atomic E-state index is 10.6. The van der Waals surface area contributed by atoms with E-state index in [1.165, 1.54) is 12.8 Å². The molecular formula is C24H40N2O3. The molecule has 0 spiro atoms. The van der Waals surface area contributed by atoms with Gasteiger partial charge >= 0.3 is 0 Å². The van der Waals surface area contributed by atoms with Crippen molar-refractivity contribution in [2.45, 2.75) is 52.2 Å². The molecule has 1 heterocycles. The second-order valence-electron chi connectivity index (χ2n) is 9.31. The SMILES string of the molecule is COc1ccccc1N1CCN(C[C@@H](O)CO[C@H]2C[C@@H](C)CC[C@@H]2C(C)C)CC1. The summed E-state index contributed by atoms with van der Waals surface area (Å²) in [6.45, 7) is 11.9. The minimum atomic E-state index is -0.419. The molecule has 164 valence electrons. The van der Waals surface area contributed by atoms with Gasteiger partial charge in [0, 0.05) is 32.7 Å². The molecule has 1 aromatic carbocycles. The van der Waals surface area contributed by atoms with E-state index in [1.54, 1.807) is 7.11 Å². The van der Waals surface area contributed by atoms with Crippen molar-refractivity contribution in [3.63, 3.8) is 0 Å². The number of rotatable bonds is 8. The Morgan fingerprint density at radius 2 is 1.83 bits per heavy atom. The third-order valence-corrected chi connectivity index (χ3v) is 6.73. The van der Waals surface area contributed by atoms with E-state index in [9.17, 15) is 5.11 Å². The molecule has 1 saturated carbocycles. The number of hydrogen-bond acceptors (Lipinski definition) is 5. The van der Waals surface area contributed by atoms with Gasteiger partial charge in [0.15, 0.2) is 0 Å². The van der Waals surface area contributed by atoms with Gasteiger partial charge in [-0.05, 0) is 42.7 Å². The van der Waals surface area contributed by atoms with Crippen molar-refractivity contribution in [2.24, 2.45) is 17.8 Å². The highest BCUT2D eigenvalue weighted by atomic mass is 16.5. The van der Waals surface area contributed by atoms with Crippen LogP contribution in [0.2, 0.25) is 0 Å². The second kappa shape index (κ2) is 10.6. The fraction of sp³-hybridized carbons (Fsp3) is 0.750. The Morgan fingerprint density at radius 3 is 2.52 bits per heavy atom. The molecule has 1 aliphatic carbocycles. The minimum absolute atomic E-state index is 0.302. The molecule has 1 N–H and O–H groups in total. The van der Waals surface area contributed by atoms with Crippen molar-refractivity contribution in [3.8, 4) is 5.75 Å². The molecule has 2 fully saturated rings. The number of β-amino-alcohol motifs (C(OH)–C–C–N with tert-alkyl or cyclic N) is 1. The summed E-state index contributed by atoms with van der Waals surface area (Å²) in [5, 5.41) is 10.6. The molecule has 29 heavy (non-hydrogen) atoms. The van der Waals surface area contributed by atoms with Gasteiger partial charge in [0.2, 0.25) is 0 Å². The zero-order valence-electron chi connectivity index (χ0n) is 18.7. The van der Waals surface area contributed by atoms with Gasteiger partial charge in [-0.15, -0.1) is 0 Å². The van der Waals surface area contributed by atoms with Crippen molar-refractivity contribution >= 4 is 5.69 Å². The average Bonchev–Trinajstić information content (AvgIpc) is 2.72. The molecule has 3 rings (SSSR count). The molecular weight excluding hydrogens is 364 g/mol. The second-order valence-corrected chi connectivity index (χ2v) is 9.31. The summed E-state index contributed by atoms with van der Waals surface area (Å²) < 4.78 is 11.7. The van der Waals surface area contributed by atoms with E-state index < -0.39 is 6.10 Å². The molecule has 1 aromatic rings. The van der Waals surface area contributed by atoms with Crippen LogP contribution in [0.15, 0.2) is 24.3 Å². The Hall–Kier alpha value is -1.30. The number of aliphatic hydroxyl groups excluding tert-OH is 1. The third kappa shape index (κ3) is 6.09. The first-order chi connectivity index (χ1) is 14.0. The van der Waals surface area contributed by atoms with Gasteiger partial charge in [-0.1, -0.05) is 39.3 Å². The van der Waals surface area contributed by atoms with Crippen LogP contribution < -0.4 is 9.64 Å². The number of anilines is 1. The van der Waals surface area contributed by atoms with Crippen molar-refractivity contribution in [1.82, 2.24) is 4.90 Å². The smallest absolute Gasteiger partial charge is 0.142 e. The summed E-state index contributed by atoms with van der Waals surface area (Å²) >= 11 is 0. The zero-order valence-corrected chi connectivity index (χ0v) is 18.7. The van der Waals surface area contributed by atoms with Crippen LogP contribution >= 0.6 is 0 Å². The number of nitrogens with zero attached hydrogens (tertiary/aromatic N) is 2. The van der Waals surface area contributed by atoms with Crippen molar-refractivity contribution in [2.75, 3.05) is 51.3 Å². The lowest BCUT2D eigenvalue weighted by Crippen LogP contribution is -2.49. The molecule has 0 radical (unpaired) electrons. The quantitative estimate of drug-likeness (QED) is 0.716. The van der Waals surface area contributed by atoms with Gasteiger partial charge in [0.25, 0.3) is 0 Å². The molecule has 2 aliphatic rings. The van der Waals surface area contributed by atoms with Gasteiger partial charge in [-0.25, -0.2) is 0 Å². The van der Waals surface area contributed by atoms with Crippen LogP contribution in [-0.4, -0.2) is 68.7 Å². The van der Waals surface area contributed by atoms with Gasteiger partial charge in [0.1, 0.15) is 5.75 Å². The first-order valence-corrected chi connectivity index (χ1v) is 11.4. The largest absolute Gasteiger partial charge is 0.495 e. The maximum atomic E-state index is 10.6. The van der Waals surface area contributed by atoms with E-state index in [0.29, 0.717) is 31.1 Å². The van der Waals surface area contributed by atoms with E-state index in [-0.39, 0.29) is 0 Å². The molecule has 0 aromatic heterocycles. The number of aliphatic hydroxyl groups is 1. The Labute approximate surface area is 177 Å². The topological polar surface area (TPSA) is 45.2 Å². The fourth-order valence-electron chi connectivity index (χ4n) is 4.95. The van der Waals surface area contributed by atoms with Gasteiger partial charge in [-0.3, -0.25) is 4.90 Å². The maximum Gasteiger partial charge on any atom is 0.142 e. The van der Waals surface area contributed by atoms with Crippen LogP contribution in [0.5, 0.6) is 5.75 Å². The molecule has 0 bridgehead atoms. The van der Waals surface area contributed by atoms with E-state index in [2.05, 4.69) is 42.7 Å². The summed E-state index contributed by atoms with van der Waals surface area (Å²) in [7, 11) is 1.72. The molecule has 5 nitrogen and oxygen atoms in total. The highest BCUT2D eigenvalue weighted by Gasteiger charge is 2.32. The molecule has 1 aliphatic heterocycles. The van der Waals surface area contributed by atoms with Crippen LogP contribution in [0.3, 0.4) is 0 Å². The Kier molecular flexibility index (Phi) is 8.22. The lowest BCUT2D eigenvalue weighted by Gasteiger charge is -2.39. The molecule has 4 atom stereocenters. The van der Waals surface area contributed by atoms with Crippen LogP contribution in [0, 0.1) is 17.8 Å². The lowest BCUT2D eigenvalue weighted by atomic mass is 9.75. The van der Waals surface area contributed by atoms with Crippen molar-refractivity contribution in [3.05, 3.63) is 24.3 Å². The summed E-state index contributed by atoms with van der Waals surface area (Å²) in [4.78, 5) is 4.72. The van der Waals surface area contributed by atoms with Crippen LogP contribution in [0.1, 0.15) is 40.0 Å². The third-order valence-electron chi connectivity index (χ3n) is 6.73. The first kappa shape index (κ1) is 22.4. The van der Waals surface area contributed by atoms with E-state index in [0.717, 1.165) is 50.0 Å². The summed E-state index contributed by atoms with van der Waals surface area (Å²) in [5.41, 5.74) is 1.16. The van der Waals surface area contributed by atoms with Gasteiger partial charge in [-0.2, -0.15) is 0 Å². The Bertz CT molecular complexity index is 616. The zero-order chi connectivity index (χ0) is 20.8. The Balaban J connectivity index is 1.43. The average molecular weight is 405 g/mol. The minimum Gasteiger partial charge on any atom is -0.495 e. The van der Waals surface area contributed by atoms with Crippen LogP contribution in [0.4, 0.5) is 5.69 Å². The van der Waals surface area contributed by atoms with Gasteiger partial charge in [0.05, 0.1) is 31.6 Å². The monoisotopic (exact) mass is 404 g/mol. The normalized spacial score (nSPS) is 27.2. The highest BCUT2D eigenvalue weighted by molar-refractivity contribution is 5.58. The van der Waals surface area contributed by atoms with Crippen molar-refractivity contribution in [1.29, 1.82) is 0 Å².